The van der Waals surface area contributed by atoms with Gasteiger partial charge < -0.3 is 5.11 Å². The molecule has 1 saturated carbocycles. The van der Waals surface area contributed by atoms with E-state index in [1.165, 1.54) is 12.8 Å². The molecule has 0 unspecified atom stereocenters. The molecular weight excluding hydrogens is 190 g/mol. The van der Waals surface area contributed by atoms with Gasteiger partial charge in [0.05, 0.1) is 0 Å². The highest BCUT2D eigenvalue weighted by atomic mass is 16.4. The van der Waals surface area contributed by atoms with Crippen molar-refractivity contribution in [3.63, 3.8) is 0 Å². The van der Waals surface area contributed by atoms with Crippen LogP contribution < -0.4 is 0 Å². The highest BCUT2D eigenvalue weighted by molar-refractivity contribution is 5.92. The van der Waals surface area contributed by atoms with E-state index in [0.717, 1.165) is 23.6 Å². The van der Waals surface area contributed by atoms with Gasteiger partial charge in [0, 0.05) is 12.1 Å². The first-order chi connectivity index (χ1) is 6.99. The predicted octanol–water partition coefficient (Wildman–Crippen LogP) is 2.79. The van der Waals surface area contributed by atoms with Crippen molar-refractivity contribution in [1.82, 2.24) is 0 Å². The Bertz CT molecular complexity index is 325. The summed E-state index contributed by atoms with van der Waals surface area (Å²) in [7, 11) is 0. The number of allylic oxidation sites excluding steroid dienone is 1. The second-order valence-electron chi connectivity index (χ2n) is 4.17. The quantitative estimate of drug-likeness (QED) is 0.413. The highest BCUT2D eigenvalue weighted by Crippen LogP contribution is 2.35. The second kappa shape index (κ2) is 4.91. The Morgan fingerprint density at radius 1 is 1.47 bits per heavy atom. The van der Waals surface area contributed by atoms with Crippen LogP contribution in [0.15, 0.2) is 29.4 Å². The average molecular weight is 207 g/mol. The lowest BCUT2D eigenvalue weighted by atomic mass is 10.1. The molecule has 1 aliphatic rings. The van der Waals surface area contributed by atoms with E-state index in [9.17, 15) is 4.79 Å². The predicted molar refractivity (Wildman–Crippen MR) is 61.0 cm³/mol. The van der Waals surface area contributed by atoms with E-state index in [1.54, 1.807) is 0 Å². The molecule has 1 aliphatic carbocycles. The van der Waals surface area contributed by atoms with Gasteiger partial charge in [0.1, 0.15) is 5.70 Å². The summed E-state index contributed by atoms with van der Waals surface area (Å²) >= 11 is 0. The molecule has 0 aliphatic heterocycles. The molecule has 0 heterocycles. The van der Waals surface area contributed by atoms with Crippen LogP contribution in [0.3, 0.4) is 0 Å². The van der Waals surface area contributed by atoms with E-state index in [2.05, 4.69) is 18.2 Å². The van der Waals surface area contributed by atoms with Gasteiger partial charge in [0.15, 0.2) is 0 Å². The topological polar surface area (TPSA) is 49.7 Å². The fraction of sp³-hybridized carbons (Fsp3) is 0.500. The van der Waals surface area contributed by atoms with Crippen LogP contribution in [0.4, 0.5) is 0 Å². The molecule has 3 heteroatoms. The van der Waals surface area contributed by atoms with Crippen LogP contribution in [-0.2, 0) is 4.79 Å². The van der Waals surface area contributed by atoms with Crippen molar-refractivity contribution in [2.75, 3.05) is 0 Å². The smallest absolute Gasteiger partial charge is 0.353 e. The van der Waals surface area contributed by atoms with Crippen molar-refractivity contribution in [3.8, 4) is 0 Å². The van der Waals surface area contributed by atoms with Gasteiger partial charge in [0.2, 0.25) is 0 Å². The minimum atomic E-state index is -1.07. The molecule has 0 saturated heterocycles. The number of nitrogens with zero attached hydrogens (tertiary/aromatic N) is 1. The molecule has 0 aromatic carbocycles. The van der Waals surface area contributed by atoms with Crippen molar-refractivity contribution >= 4 is 11.7 Å². The standard InChI is InChI=1S/C12H17NO2/c1-8(7-11-4-5-11)6-9(2)13-10(3)12(14)15/h11H,1,3-7H2,2H3,(H,14,15)/b13-9+. The molecule has 0 atom stereocenters. The molecule has 1 fully saturated rings. The number of aliphatic carboxylic acids is 1. The summed E-state index contributed by atoms with van der Waals surface area (Å²) in [5.74, 6) is -0.255. The number of hydrogen-bond acceptors (Lipinski definition) is 2. The lowest BCUT2D eigenvalue weighted by Crippen LogP contribution is -2.01. The monoisotopic (exact) mass is 207 g/mol. The van der Waals surface area contributed by atoms with Crippen LogP contribution in [0.25, 0.3) is 0 Å². The zero-order valence-electron chi connectivity index (χ0n) is 9.12. The van der Waals surface area contributed by atoms with E-state index in [-0.39, 0.29) is 5.70 Å². The van der Waals surface area contributed by atoms with Crippen molar-refractivity contribution in [1.29, 1.82) is 0 Å². The van der Waals surface area contributed by atoms with Gasteiger partial charge in [-0.15, -0.1) is 0 Å². The summed E-state index contributed by atoms with van der Waals surface area (Å²) in [4.78, 5) is 14.4. The Labute approximate surface area is 90.2 Å². The van der Waals surface area contributed by atoms with Crippen molar-refractivity contribution in [2.24, 2.45) is 10.9 Å². The van der Waals surface area contributed by atoms with Crippen LogP contribution in [0.5, 0.6) is 0 Å². The first-order valence-electron chi connectivity index (χ1n) is 5.12. The molecule has 82 valence electrons. The number of carboxylic acids is 1. The van der Waals surface area contributed by atoms with Crippen LogP contribution in [0, 0.1) is 5.92 Å². The van der Waals surface area contributed by atoms with Crippen molar-refractivity contribution < 1.29 is 9.90 Å². The number of rotatable bonds is 6. The second-order valence-corrected chi connectivity index (χ2v) is 4.17. The lowest BCUT2D eigenvalue weighted by Gasteiger charge is -2.04. The SMILES string of the molecule is C=C(C/C(C)=N/C(=C)C(=O)O)CC1CC1. The van der Waals surface area contributed by atoms with Crippen molar-refractivity contribution in [2.45, 2.75) is 32.6 Å². The van der Waals surface area contributed by atoms with E-state index >= 15 is 0 Å². The molecule has 0 aromatic rings. The van der Waals surface area contributed by atoms with Gasteiger partial charge in [-0.25, -0.2) is 4.79 Å². The van der Waals surface area contributed by atoms with Gasteiger partial charge in [-0.3, -0.25) is 4.99 Å². The lowest BCUT2D eigenvalue weighted by molar-refractivity contribution is -0.132. The number of carboxylic acid groups (broad SMARTS) is 1. The average Bonchev–Trinajstić information content (AvgIpc) is 2.86. The maximum absolute atomic E-state index is 10.5. The van der Waals surface area contributed by atoms with Gasteiger partial charge >= 0.3 is 5.97 Å². The minimum Gasteiger partial charge on any atom is -0.477 e. The van der Waals surface area contributed by atoms with E-state index in [4.69, 9.17) is 5.11 Å². The Morgan fingerprint density at radius 3 is 2.53 bits per heavy atom. The maximum atomic E-state index is 10.5. The third-order valence-corrected chi connectivity index (χ3v) is 2.35. The summed E-state index contributed by atoms with van der Waals surface area (Å²) in [6.45, 7) is 9.14. The summed E-state index contributed by atoms with van der Waals surface area (Å²) in [6, 6.07) is 0. The third-order valence-electron chi connectivity index (χ3n) is 2.35. The van der Waals surface area contributed by atoms with Gasteiger partial charge in [0.25, 0.3) is 0 Å². The summed E-state index contributed by atoms with van der Waals surface area (Å²) in [5.41, 5.74) is 1.80. The molecule has 0 spiro atoms. The molecule has 15 heavy (non-hydrogen) atoms. The van der Waals surface area contributed by atoms with Crippen LogP contribution in [0.1, 0.15) is 32.6 Å². The van der Waals surface area contributed by atoms with Crippen LogP contribution >= 0.6 is 0 Å². The molecular formula is C12H17NO2. The fourth-order valence-corrected chi connectivity index (χ4v) is 1.48. The van der Waals surface area contributed by atoms with Crippen LogP contribution in [-0.4, -0.2) is 16.8 Å². The van der Waals surface area contributed by atoms with E-state index in [0.29, 0.717) is 6.42 Å². The van der Waals surface area contributed by atoms with Gasteiger partial charge in [-0.05, 0) is 32.1 Å². The normalized spacial score (nSPS) is 16.2. The van der Waals surface area contributed by atoms with E-state index < -0.39 is 5.97 Å². The Morgan fingerprint density at radius 2 is 2.07 bits per heavy atom. The zero-order valence-corrected chi connectivity index (χ0v) is 9.12. The molecule has 0 radical (unpaired) electrons. The number of aliphatic imine (C=N–C) groups is 1. The number of hydrogen-bond donors (Lipinski definition) is 1. The molecule has 1 N–H and O–H groups in total. The first-order valence-corrected chi connectivity index (χ1v) is 5.12. The molecule has 3 nitrogen and oxygen atoms in total. The first kappa shape index (κ1) is 11.7. The Hall–Kier alpha value is -1.38. The third kappa shape index (κ3) is 4.58. The summed E-state index contributed by atoms with van der Waals surface area (Å²) in [6.07, 6.45) is 4.34. The molecule has 1 rings (SSSR count). The summed E-state index contributed by atoms with van der Waals surface area (Å²) < 4.78 is 0. The largest absolute Gasteiger partial charge is 0.477 e. The molecule has 0 aromatic heterocycles. The molecule has 0 bridgehead atoms. The van der Waals surface area contributed by atoms with Gasteiger partial charge in [-0.2, -0.15) is 0 Å². The highest BCUT2D eigenvalue weighted by Gasteiger charge is 2.21. The zero-order chi connectivity index (χ0) is 11.4. The fourth-order valence-electron chi connectivity index (χ4n) is 1.48. The summed E-state index contributed by atoms with van der Waals surface area (Å²) in [5, 5.41) is 8.59. The number of carbonyl (C=O) groups is 1. The van der Waals surface area contributed by atoms with E-state index in [1.807, 2.05) is 6.92 Å². The Balaban J connectivity index is 2.38. The maximum Gasteiger partial charge on any atom is 0.353 e. The molecule has 0 amide bonds. The Kier molecular flexibility index (Phi) is 3.83. The van der Waals surface area contributed by atoms with Crippen molar-refractivity contribution in [3.05, 3.63) is 24.4 Å². The van der Waals surface area contributed by atoms with Crippen LogP contribution in [0.2, 0.25) is 0 Å². The van der Waals surface area contributed by atoms with Gasteiger partial charge in [-0.1, -0.05) is 18.7 Å². The minimum absolute atomic E-state index is 0.105.